The Morgan fingerprint density at radius 3 is 2.49 bits per heavy atom. The minimum Gasteiger partial charge on any atom is -0.336 e. The van der Waals surface area contributed by atoms with E-state index in [4.69, 9.17) is 0 Å². The number of imide groups is 1. The highest BCUT2D eigenvalue weighted by atomic mass is 32.1. The fraction of sp³-hybridized carbons (Fsp3) is 0.269. The number of rotatable bonds is 6. The van der Waals surface area contributed by atoms with E-state index in [0.717, 1.165) is 5.56 Å². The van der Waals surface area contributed by atoms with Gasteiger partial charge in [0.25, 0.3) is 11.8 Å². The quantitative estimate of drug-likeness (QED) is 0.326. The minimum absolute atomic E-state index is 0.194. The summed E-state index contributed by atoms with van der Waals surface area (Å²) in [5.41, 5.74) is 0.602. The Bertz CT molecular complexity index is 1240. The maximum Gasteiger partial charge on any atom is 0.325 e. The van der Waals surface area contributed by atoms with Crippen LogP contribution in [0, 0.1) is 5.92 Å². The van der Waals surface area contributed by atoms with Crippen LogP contribution in [0.2, 0.25) is 0 Å². The normalized spacial score (nSPS) is 20.7. The highest BCUT2D eigenvalue weighted by Crippen LogP contribution is 2.41. The zero-order valence-electron chi connectivity index (χ0n) is 18.9. The molecule has 5 rings (SSSR count). The van der Waals surface area contributed by atoms with Crippen molar-refractivity contribution < 1.29 is 19.2 Å². The summed E-state index contributed by atoms with van der Waals surface area (Å²) in [6.45, 7) is 0.828. The number of piperidine rings is 1. The second-order valence-corrected chi connectivity index (χ2v) is 9.54. The summed E-state index contributed by atoms with van der Waals surface area (Å²) in [5, 5.41) is 6.81. The molecule has 4 amide bonds. The molecule has 0 bridgehead atoms. The standard InChI is InChI=1S/C26H24N4O4S/c31-22(19-5-2-1-3-6-19)23(32)29-12-8-20(9-13-29)26(21-7-4-11-27-15-21)24(33)30(25(34)28-26)16-18-10-14-35-17-18/h1-7,10-11,14-15,17,20H,8-9,12-13,16H2,(H,28,34). The van der Waals surface area contributed by atoms with Gasteiger partial charge in [-0.1, -0.05) is 36.4 Å². The van der Waals surface area contributed by atoms with Gasteiger partial charge in [-0.05, 0) is 47.2 Å². The smallest absolute Gasteiger partial charge is 0.325 e. The maximum atomic E-state index is 13.9. The topological polar surface area (TPSA) is 99.7 Å². The number of nitrogens with one attached hydrogen (secondary N) is 1. The van der Waals surface area contributed by atoms with Gasteiger partial charge in [-0.3, -0.25) is 24.3 Å². The lowest BCUT2D eigenvalue weighted by atomic mass is 9.73. The molecule has 1 unspecified atom stereocenters. The van der Waals surface area contributed by atoms with E-state index in [1.807, 2.05) is 16.8 Å². The van der Waals surface area contributed by atoms with Crippen molar-refractivity contribution in [2.75, 3.05) is 13.1 Å². The summed E-state index contributed by atoms with van der Waals surface area (Å²) < 4.78 is 0. The van der Waals surface area contributed by atoms with Crippen LogP contribution in [0.15, 0.2) is 71.7 Å². The molecule has 178 valence electrons. The molecule has 4 heterocycles. The molecule has 3 aromatic rings. The van der Waals surface area contributed by atoms with Crippen LogP contribution < -0.4 is 5.32 Å². The Morgan fingerprint density at radius 1 is 1.06 bits per heavy atom. The molecule has 1 aromatic carbocycles. The zero-order valence-corrected chi connectivity index (χ0v) is 19.7. The average molecular weight is 489 g/mol. The SMILES string of the molecule is O=C(C(=O)N1CCC(C2(c3cccnc3)NC(=O)N(Cc3ccsc3)C2=O)CC1)c1ccccc1. The van der Waals surface area contributed by atoms with Gasteiger partial charge in [-0.25, -0.2) is 4.79 Å². The van der Waals surface area contributed by atoms with Crippen LogP contribution in [0.4, 0.5) is 4.79 Å². The molecular weight excluding hydrogens is 464 g/mol. The van der Waals surface area contributed by atoms with Crippen molar-refractivity contribution in [3.8, 4) is 0 Å². The van der Waals surface area contributed by atoms with E-state index in [9.17, 15) is 19.2 Å². The number of likely N-dealkylation sites (tertiary alicyclic amines) is 1. The number of hydrogen-bond donors (Lipinski definition) is 1. The van der Waals surface area contributed by atoms with Crippen LogP contribution in [0.3, 0.4) is 0 Å². The number of carbonyl (C=O) groups excluding carboxylic acids is 4. The number of benzene rings is 1. The fourth-order valence-corrected chi connectivity index (χ4v) is 5.64. The van der Waals surface area contributed by atoms with E-state index in [0.29, 0.717) is 37.1 Å². The molecule has 2 fully saturated rings. The Hall–Kier alpha value is -3.85. The minimum atomic E-state index is -1.26. The molecule has 35 heavy (non-hydrogen) atoms. The lowest BCUT2D eigenvalue weighted by Gasteiger charge is -2.40. The van der Waals surface area contributed by atoms with Crippen molar-refractivity contribution in [2.45, 2.75) is 24.9 Å². The van der Waals surface area contributed by atoms with Gasteiger partial charge in [-0.15, -0.1) is 0 Å². The first kappa shape index (κ1) is 22.9. The Labute approximate surface area is 206 Å². The first-order valence-corrected chi connectivity index (χ1v) is 12.4. The van der Waals surface area contributed by atoms with Gasteiger partial charge in [0.1, 0.15) is 0 Å². The summed E-state index contributed by atoms with van der Waals surface area (Å²) in [6, 6.07) is 13.5. The highest BCUT2D eigenvalue weighted by molar-refractivity contribution is 7.07. The van der Waals surface area contributed by atoms with Gasteiger partial charge < -0.3 is 10.2 Å². The van der Waals surface area contributed by atoms with Crippen LogP contribution in [-0.2, 0) is 21.7 Å². The summed E-state index contributed by atoms with van der Waals surface area (Å²) in [6.07, 6.45) is 4.16. The fourth-order valence-electron chi connectivity index (χ4n) is 4.98. The third kappa shape index (κ3) is 4.12. The van der Waals surface area contributed by atoms with Crippen LogP contribution in [-0.4, -0.2) is 51.5 Å². The number of hydrogen-bond acceptors (Lipinski definition) is 6. The van der Waals surface area contributed by atoms with Crippen LogP contribution in [0.5, 0.6) is 0 Å². The van der Waals surface area contributed by atoms with Crippen molar-refractivity contribution in [3.63, 3.8) is 0 Å². The van der Waals surface area contributed by atoms with Crippen molar-refractivity contribution in [1.29, 1.82) is 0 Å². The molecule has 2 aromatic heterocycles. The molecule has 9 heteroatoms. The molecule has 1 N–H and O–H groups in total. The maximum absolute atomic E-state index is 13.9. The third-order valence-electron chi connectivity index (χ3n) is 6.79. The molecule has 0 saturated carbocycles. The van der Waals surface area contributed by atoms with E-state index in [2.05, 4.69) is 10.3 Å². The second-order valence-electron chi connectivity index (χ2n) is 8.76. The van der Waals surface area contributed by atoms with Gasteiger partial charge in [0.05, 0.1) is 6.54 Å². The largest absolute Gasteiger partial charge is 0.336 e. The Kier molecular flexibility index (Phi) is 6.17. The molecule has 8 nitrogen and oxygen atoms in total. The number of pyridine rings is 1. The summed E-state index contributed by atoms with van der Waals surface area (Å²) in [7, 11) is 0. The van der Waals surface area contributed by atoms with Gasteiger partial charge >= 0.3 is 6.03 Å². The number of nitrogens with zero attached hydrogens (tertiary/aromatic N) is 3. The monoisotopic (exact) mass is 488 g/mol. The summed E-state index contributed by atoms with van der Waals surface area (Å²) >= 11 is 1.51. The molecule has 2 aliphatic rings. The first-order chi connectivity index (χ1) is 17.0. The predicted octanol–water partition coefficient (Wildman–Crippen LogP) is 3.21. The van der Waals surface area contributed by atoms with E-state index in [1.165, 1.54) is 21.1 Å². The molecule has 0 radical (unpaired) electrons. The summed E-state index contributed by atoms with van der Waals surface area (Å²) in [5.74, 6) is -1.66. The van der Waals surface area contributed by atoms with Crippen LogP contribution in [0.25, 0.3) is 0 Å². The van der Waals surface area contributed by atoms with Crippen LogP contribution >= 0.6 is 11.3 Å². The predicted molar refractivity (Wildman–Crippen MR) is 129 cm³/mol. The van der Waals surface area contributed by atoms with E-state index < -0.39 is 23.3 Å². The van der Waals surface area contributed by atoms with Gasteiger partial charge in [0, 0.05) is 36.6 Å². The second kappa shape index (κ2) is 9.42. The number of ketones is 1. The van der Waals surface area contributed by atoms with Gasteiger partial charge in [0.15, 0.2) is 5.54 Å². The van der Waals surface area contributed by atoms with E-state index in [-0.39, 0.29) is 18.4 Å². The molecule has 2 aliphatic heterocycles. The highest BCUT2D eigenvalue weighted by Gasteiger charge is 2.57. The lowest BCUT2D eigenvalue weighted by molar-refractivity contribution is -0.135. The summed E-state index contributed by atoms with van der Waals surface area (Å²) in [4.78, 5) is 59.4. The van der Waals surface area contributed by atoms with Crippen molar-refractivity contribution in [2.24, 2.45) is 5.92 Å². The number of amides is 4. The number of carbonyl (C=O) groups is 4. The van der Waals surface area contributed by atoms with Crippen LogP contribution in [0.1, 0.15) is 34.3 Å². The van der Waals surface area contributed by atoms with Gasteiger partial charge in [-0.2, -0.15) is 11.3 Å². The molecule has 1 atom stereocenters. The van der Waals surface area contributed by atoms with E-state index >= 15 is 0 Å². The molecular formula is C26H24N4O4S. The Morgan fingerprint density at radius 2 is 1.83 bits per heavy atom. The van der Waals surface area contributed by atoms with E-state index in [1.54, 1.807) is 54.9 Å². The number of aromatic nitrogens is 1. The molecule has 2 saturated heterocycles. The van der Waals surface area contributed by atoms with Crippen molar-refractivity contribution in [1.82, 2.24) is 20.1 Å². The first-order valence-electron chi connectivity index (χ1n) is 11.4. The lowest BCUT2D eigenvalue weighted by Crippen LogP contribution is -2.54. The number of Topliss-reactive ketones (excluding diaryl/α,β-unsaturated/α-hetero) is 1. The van der Waals surface area contributed by atoms with Crippen molar-refractivity contribution >= 4 is 35.0 Å². The third-order valence-corrected chi connectivity index (χ3v) is 7.53. The number of urea groups is 1. The molecule has 0 spiro atoms. The number of thiophene rings is 1. The zero-order chi connectivity index (χ0) is 24.4. The van der Waals surface area contributed by atoms with Gasteiger partial charge in [0.2, 0.25) is 5.78 Å². The molecule has 0 aliphatic carbocycles. The Balaban J connectivity index is 1.38. The average Bonchev–Trinajstić information content (AvgIpc) is 3.52. The van der Waals surface area contributed by atoms with Crippen molar-refractivity contribution in [3.05, 3.63) is 88.4 Å².